The van der Waals surface area contributed by atoms with Crippen molar-refractivity contribution < 1.29 is 14.3 Å². The van der Waals surface area contributed by atoms with Crippen LogP contribution in [0, 0.1) is 0 Å². The molecule has 0 aliphatic carbocycles. The predicted octanol–water partition coefficient (Wildman–Crippen LogP) is 2.21. The number of anilines is 1. The minimum atomic E-state index is -0.156. The summed E-state index contributed by atoms with van der Waals surface area (Å²) in [4.78, 5) is 28.0. The van der Waals surface area contributed by atoms with Gasteiger partial charge in [0.1, 0.15) is 5.75 Å². The molecule has 0 radical (unpaired) electrons. The van der Waals surface area contributed by atoms with E-state index in [0.717, 1.165) is 25.9 Å². The van der Waals surface area contributed by atoms with Gasteiger partial charge in [-0.15, -0.1) is 0 Å². The summed E-state index contributed by atoms with van der Waals surface area (Å²) in [6.45, 7) is 6.04. The zero-order valence-electron chi connectivity index (χ0n) is 15.2. The van der Waals surface area contributed by atoms with Crippen LogP contribution in [0.5, 0.6) is 5.75 Å². The molecule has 134 valence electrons. The number of nitrogens with one attached hydrogen (secondary N) is 1. The second-order valence-corrected chi connectivity index (χ2v) is 5.83. The SMILES string of the molecule is CCCN(CCC)C(=O)CN(C)CC(=O)Nc1cccc(OC)c1. The minimum absolute atomic E-state index is 0.0652. The Morgan fingerprint density at radius 3 is 2.38 bits per heavy atom. The first-order valence-electron chi connectivity index (χ1n) is 8.40. The highest BCUT2D eigenvalue weighted by Crippen LogP contribution is 2.16. The van der Waals surface area contributed by atoms with Crippen LogP contribution in [0.15, 0.2) is 24.3 Å². The maximum Gasteiger partial charge on any atom is 0.238 e. The Hall–Kier alpha value is -2.08. The number of hydrogen-bond donors (Lipinski definition) is 1. The van der Waals surface area contributed by atoms with E-state index in [1.54, 1.807) is 31.2 Å². The van der Waals surface area contributed by atoms with Crippen molar-refractivity contribution in [3.63, 3.8) is 0 Å². The summed E-state index contributed by atoms with van der Waals surface area (Å²) in [5.74, 6) is 0.595. The standard InChI is InChI=1S/C18H29N3O3/c1-5-10-21(11-6-2)18(23)14-20(3)13-17(22)19-15-8-7-9-16(12-15)24-4/h7-9,12H,5-6,10-11,13-14H2,1-4H3,(H,19,22). The van der Waals surface area contributed by atoms with Crippen molar-refractivity contribution in [3.05, 3.63) is 24.3 Å². The first-order valence-corrected chi connectivity index (χ1v) is 8.40. The smallest absolute Gasteiger partial charge is 0.238 e. The van der Waals surface area contributed by atoms with Crippen LogP contribution in [0.1, 0.15) is 26.7 Å². The Morgan fingerprint density at radius 2 is 1.79 bits per heavy atom. The molecular weight excluding hydrogens is 306 g/mol. The van der Waals surface area contributed by atoms with Crippen LogP contribution in [0.3, 0.4) is 0 Å². The zero-order valence-corrected chi connectivity index (χ0v) is 15.2. The average molecular weight is 335 g/mol. The number of ether oxygens (including phenoxy) is 1. The van der Waals surface area contributed by atoms with Gasteiger partial charge in [-0.25, -0.2) is 0 Å². The number of rotatable bonds is 10. The molecule has 0 fully saturated rings. The molecule has 1 rings (SSSR count). The molecule has 2 amide bonds. The van der Waals surface area contributed by atoms with E-state index in [2.05, 4.69) is 19.2 Å². The molecular formula is C18H29N3O3. The minimum Gasteiger partial charge on any atom is -0.497 e. The molecule has 0 heterocycles. The number of nitrogens with zero attached hydrogens (tertiary/aromatic N) is 2. The molecule has 6 nitrogen and oxygen atoms in total. The average Bonchev–Trinajstić information content (AvgIpc) is 2.54. The fourth-order valence-electron chi connectivity index (χ4n) is 2.43. The molecule has 0 saturated heterocycles. The highest BCUT2D eigenvalue weighted by molar-refractivity contribution is 5.92. The lowest BCUT2D eigenvalue weighted by Gasteiger charge is -2.24. The summed E-state index contributed by atoms with van der Waals surface area (Å²) < 4.78 is 5.13. The van der Waals surface area contributed by atoms with Crippen LogP contribution in [0.25, 0.3) is 0 Å². The first kappa shape index (κ1) is 20.0. The van der Waals surface area contributed by atoms with E-state index >= 15 is 0 Å². The zero-order chi connectivity index (χ0) is 17.9. The molecule has 1 N–H and O–H groups in total. The summed E-state index contributed by atoms with van der Waals surface area (Å²) >= 11 is 0. The van der Waals surface area contributed by atoms with Gasteiger partial charge in [0.15, 0.2) is 0 Å². The summed E-state index contributed by atoms with van der Waals surface area (Å²) in [5.41, 5.74) is 0.678. The van der Waals surface area contributed by atoms with Crippen LogP contribution < -0.4 is 10.1 Å². The summed E-state index contributed by atoms with van der Waals surface area (Å²) in [5, 5.41) is 2.81. The third-order valence-electron chi connectivity index (χ3n) is 3.51. The Morgan fingerprint density at radius 1 is 1.12 bits per heavy atom. The van der Waals surface area contributed by atoms with Crippen molar-refractivity contribution >= 4 is 17.5 Å². The van der Waals surface area contributed by atoms with Gasteiger partial charge in [-0.2, -0.15) is 0 Å². The van der Waals surface area contributed by atoms with Gasteiger partial charge in [0.2, 0.25) is 11.8 Å². The van der Waals surface area contributed by atoms with Crippen molar-refractivity contribution in [2.24, 2.45) is 0 Å². The highest BCUT2D eigenvalue weighted by Gasteiger charge is 2.16. The predicted molar refractivity (Wildman–Crippen MR) is 96.3 cm³/mol. The molecule has 0 unspecified atom stereocenters. The first-order chi connectivity index (χ1) is 11.5. The van der Waals surface area contributed by atoms with Crippen molar-refractivity contribution in [3.8, 4) is 5.75 Å². The molecule has 1 aromatic rings. The second-order valence-electron chi connectivity index (χ2n) is 5.83. The molecule has 0 bridgehead atoms. The lowest BCUT2D eigenvalue weighted by molar-refractivity contribution is -0.132. The van der Waals surface area contributed by atoms with E-state index in [-0.39, 0.29) is 24.9 Å². The van der Waals surface area contributed by atoms with Crippen LogP contribution >= 0.6 is 0 Å². The van der Waals surface area contributed by atoms with Crippen LogP contribution in [0.4, 0.5) is 5.69 Å². The van der Waals surface area contributed by atoms with E-state index < -0.39 is 0 Å². The lowest BCUT2D eigenvalue weighted by atomic mass is 10.3. The highest BCUT2D eigenvalue weighted by atomic mass is 16.5. The fourth-order valence-corrected chi connectivity index (χ4v) is 2.43. The number of amides is 2. The maximum atomic E-state index is 12.3. The molecule has 24 heavy (non-hydrogen) atoms. The van der Waals surface area contributed by atoms with E-state index in [0.29, 0.717) is 11.4 Å². The van der Waals surface area contributed by atoms with Gasteiger partial charge in [-0.05, 0) is 32.0 Å². The van der Waals surface area contributed by atoms with Crippen molar-refractivity contribution in [1.29, 1.82) is 0 Å². The van der Waals surface area contributed by atoms with Gasteiger partial charge >= 0.3 is 0 Å². The van der Waals surface area contributed by atoms with Gasteiger partial charge in [-0.1, -0.05) is 19.9 Å². The Kier molecular flexibility index (Phi) is 8.86. The van der Waals surface area contributed by atoms with Gasteiger partial charge in [0, 0.05) is 24.8 Å². The Labute approximate surface area is 144 Å². The Balaban J connectivity index is 2.49. The monoisotopic (exact) mass is 335 g/mol. The molecule has 0 aromatic heterocycles. The quantitative estimate of drug-likeness (QED) is 0.712. The summed E-state index contributed by atoms with van der Waals surface area (Å²) in [7, 11) is 3.36. The molecule has 0 atom stereocenters. The number of hydrogen-bond acceptors (Lipinski definition) is 4. The third-order valence-corrected chi connectivity index (χ3v) is 3.51. The van der Waals surface area contributed by atoms with Crippen LogP contribution in [-0.2, 0) is 9.59 Å². The van der Waals surface area contributed by atoms with E-state index in [1.165, 1.54) is 0 Å². The van der Waals surface area contributed by atoms with Crippen molar-refractivity contribution in [2.45, 2.75) is 26.7 Å². The molecule has 0 aliphatic heterocycles. The molecule has 0 aliphatic rings. The van der Waals surface area contributed by atoms with E-state index in [4.69, 9.17) is 4.74 Å². The molecule has 1 aromatic carbocycles. The Bertz CT molecular complexity index is 528. The number of carbonyl (C=O) groups excluding carboxylic acids is 2. The van der Waals surface area contributed by atoms with Crippen molar-refractivity contribution in [2.75, 3.05) is 45.7 Å². The fraction of sp³-hybridized carbons (Fsp3) is 0.556. The summed E-state index contributed by atoms with van der Waals surface area (Å²) in [6, 6.07) is 7.19. The summed E-state index contributed by atoms with van der Waals surface area (Å²) in [6.07, 6.45) is 1.87. The van der Waals surface area contributed by atoms with Crippen molar-refractivity contribution in [1.82, 2.24) is 9.80 Å². The maximum absolute atomic E-state index is 12.3. The second kappa shape index (κ2) is 10.6. The topological polar surface area (TPSA) is 61.9 Å². The van der Waals surface area contributed by atoms with Crippen LogP contribution in [0.2, 0.25) is 0 Å². The van der Waals surface area contributed by atoms with Crippen LogP contribution in [-0.4, -0.2) is 62.0 Å². The molecule has 6 heteroatoms. The number of carbonyl (C=O) groups is 2. The number of benzene rings is 1. The molecule has 0 saturated carbocycles. The molecule has 0 spiro atoms. The lowest BCUT2D eigenvalue weighted by Crippen LogP contribution is -2.42. The van der Waals surface area contributed by atoms with Gasteiger partial charge < -0.3 is 15.0 Å². The van der Waals surface area contributed by atoms with E-state index in [9.17, 15) is 9.59 Å². The van der Waals surface area contributed by atoms with Gasteiger partial charge in [-0.3, -0.25) is 14.5 Å². The number of likely N-dealkylation sites (N-methyl/N-ethyl adjacent to an activating group) is 1. The van der Waals surface area contributed by atoms with E-state index in [1.807, 2.05) is 17.0 Å². The largest absolute Gasteiger partial charge is 0.497 e. The number of methoxy groups -OCH3 is 1. The van der Waals surface area contributed by atoms with Gasteiger partial charge in [0.05, 0.1) is 20.2 Å². The normalized spacial score (nSPS) is 10.5. The third kappa shape index (κ3) is 7.00. The van der Waals surface area contributed by atoms with Gasteiger partial charge in [0.25, 0.3) is 0 Å².